The lowest BCUT2D eigenvalue weighted by Crippen LogP contribution is -2.27. The number of aromatic nitrogens is 2. The van der Waals surface area contributed by atoms with Crippen LogP contribution in [-0.4, -0.2) is 46.5 Å². The monoisotopic (exact) mass is 489 g/mol. The molecule has 0 bridgehead atoms. The van der Waals surface area contributed by atoms with Gasteiger partial charge in [-0.15, -0.1) is 11.3 Å². The zero-order chi connectivity index (χ0) is 24.6. The molecule has 0 radical (unpaired) electrons. The third-order valence-electron chi connectivity index (χ3n) is 6.24. The number of imidazole rings is 1. The highest BCUT2D eigenvalue weighted by molar-refractivity contribution is 7.12. The molecule has 2 aromatic carbocycles. The fourth-order valence-corrected chi connectivity index (χ4v) is 4.88. The Morgan fingerprint density at radius 2 is 1.86 bits per heavy atom. The van der Waals surface area contributed by atoms with Gasteiger partial charge in [0.1, 0.15) is 17.4 Å². The molecule has 2 aromatic heterocycles. The first-order valence-electron chi connectivity index (χ1n) is 12.4. The van der Waals surface area contributed by atoms with Gasteiger partial charge in [-0.3, -0.25) is 0 Å². The average Bonchev–Trinajstić information content (AvgIpc) is 3.53. The molecule has 6 nitrogen and oxygen atoms in total. The van der Waals surface area contributed by atoms with Gasteiger partial charge in [-0.1, -0.05) is 32.0 Å². The fourth-order valence-electron chi connectivity index (χ4n) is 4.25. The van der Waals surface area contributed by atoms with Crippen LogP contribution in [0, 0.1) is 0 Å². The average molecular weight is 490 g/mol. The largest absolute Gasteiger partial charge is 0.494 e. The summed E-state index contributed by atoms with van der Waals surface area (Å²) in [6.07, 6.45) is 1.80. The van der Waals surface area contributed by atoms with Gasteiger partial charge < -0.3 is 19.9 Å². The third kappa shape index (κ3) is 6.29. The number of aliphatic imine (C=N–C) groups is 1. The van der Waals surface area contributed by atoms with Gasteiger partial charge in [0, 0.05) is 19.5 Å². The number of fused-ring (bicyclic) bond motifs is 1. The molecule has 0 unspecified atom stereocenters. The van der Waals surface area contributed by atoms with Crippen molar-refractivity contribution in [1.82, 2.24) is 14.5 Å². The molecule has 0 aliphatic carbocycles. The van der Waals surface area contributed by atoms with Crippen molar-refractivity contribution in [2.24, 2.45) is 10.7 Å². The summed E-state index contributed by atoms with van der Waals surface area (Å²) < 4.78 is 7.95. The highest BCUT2D eigenvalue weighted by Gasteiger charge is 2.13. The number of thiophene rings is 1. The molecular formula is C28H35N5OS. The van der Waals surface area contributed by atoms with Crippen molar-refractivity contribution < 1.29 is 4.74 Å². The molecule has 0 aliphatic rings. The maximum atomic E-state index is 6.22. The second-order valence-electron chi connectivity index (χ2n) is 8.43. The maximum Gasteiger partial charge on any atom is 0.141 e. The van der Waals surface area contributed by atoms with E-state index in [1.54, 1.807) is 11.3 Å². The Balaban J connectivity index is 1.60. The van der Waals surface area contributed by atoms with Crippen LogP contribution in [0.2, 0.25) is 0 Å². The summed E-state index contributed by atoms with van der Waals surface area (Å²) in [7, 11) is 0. The lowest BCUT2D eigenvalue weighted by molar-refractivity contribution is 0.290. The highest BCUT2D eigenvalue weighted by Crippen LogP contribution is 2.24. The van der Waals surface area contributed by atoms with Crippen LogP contribution in [-0.2, 0) is 19.4 Å². The summed E-state index contributed by atoms with van der Waals surface area (Å²) in [5.74, 6) is 2.56. The summed E-state index contributed by atoms with van der Waals surface area (Å²) in [5.41, 5.74) is 10.4. The van der Waals surface area contributed by atoms with Gasteiger partial charge in [-0.25, -0.2) is 9.98 Å². The molecule has 0 fully saturated rings. The minimum absolute atomic E-state index is 0.538. The lowest BCUT2D eigenvalue weighted by atomic mass is 10.1. The molecule has 2 heterocycles. The number of benzene rings is 2. The minimum Gasteiger partial charge on any atom is -0.494 e. The van der Waals surface area contributed by atoms with E-state index in [2.05, 4.69) is 46.5 Å². The first-order valence-corrected chi connectivity index (χ1v) is 13.3. The second-order valence-corrected chi connectivity index (χ2v) is 9.38. The fraction of sp³-hybridized carbons (Fsp3) is 0.357. The number of amidine groups is 1. The first-order chi connectivity index (χ1) is 17.1. The Kier molecular flexibility index (Phi) is 8.55. The van der Waals surface area contributed by atoms with Crippen molar-refractivity contribution in [2.75, 3.05) is 26.2 Å². The van der Waals surface area contributed by atoms with Crippen LogP contribution in [0.3, 0.4) is 0 Å². The molecule has 4 aromatic rings. The van der Waals surface area contributed by atoms with E-state index in [-0.39, 0.29) is 0 Å². The van der Waals surface area contributed by atoms with E-state index < -0.39 is 0 Å². The normalized spacial score (nSPS) is 12.1. The lowest BCUT2D eigenvalue weighted by Gasteiger charge is -2.19. The van der Waals surface area contributed by atoms with E-state index in [1.165, 1.54) is 5.56 Å². The molecule has 0 atom stereocenters. The van der Waals surface area contributed by atoms with Crippen LogP contribution >= 0.6 is 11.3 Å². The SMILES string of the molecule is CCOc1ccc(CCc2nc3cc(N=C(N)c4cccs4)ccc3n2CCN(CC)CC)cc1. The Labute approximate surface area is 212 Å². The molecule has 4 rings (SSSR count). The van der Waals surface area contributed by atoms with E-state index in [0.29, 0.717) is 12.4 Å². The number of nitrogens with zero attached hydrogens (tertiary/aromatic N) is 4. The topological polar surface area (TPSA) is 68.7 Å². The Morgan fingerprint density at radius 1 is 1.06 bits per heavy atom. The van der Waals surface area contributed by atoms with Crippen molar-refractivity contribution in [3.8, 4) is 5.75 Å². The zero-order valence-corrected chi connectivity index (χ0v) is 21.7. The summed E-state index contributed by atoms with van der Waals surface area (Å²) in [6, 6.07) is 18.6. The van der Waals surface area contributed by atoms with Crippen molar-refractivity contribution in [3.63, 3.8) is 0 Å². The highest BCUT2D eigenvalue weighted by atomic mass is 32.1. The number of hydrogen-bond acceptors (Lipinski definition) is 5. The van der Waals surface area contributed by atoms with Crippen LogP contribution in [0.25, 0.3) is 11.0 Å². The van der Waals surface area contributed by atoms with Crippen LogP contribution in [0.15, 0.2) is 65.0 Å². The Bertz CT molecular complexity index is 1240. The van der Waals surface area contributed by atoms with Gasteiger partial charge in [0.25, 0.3) is 0 Å². The number of ether oxygens (including phenoxy) is 1. The molecule has 0 spiro atoms. The van der Waals surface area contributed by atoms with Crippen molar-refractivity contribution in [1.29, 1.82) is 0 Å². The summed E-state index contributed by atoms with van der Waals surface area (Å²) in [6.45, 7) is 11.1. The molecular weight excluding hydrogens is 454 g/mol. The number of hydrogen-bond donors (Lipinski definition) is 1. The molecule has 0 aliphatic heterocycles. The minimum atomic E-state index is 0.538. The van der Waals surface area contributed by atoms with E-state index in [0.717, 1.165) is 72.2 Å². The molecule has 184 valence electrons. The number of nitrogens with two attached hydrogens (primary N) is 1. The van der Waals surface area contributed by atoms with Gasteiger partial charge in [-0.05, 0) is 73.8 Å². The Morgan fingerprint density at radius 3 is 2.54 bits per heavy atom. The van der Waals surface area contributed by atoms with Crippen molar-refractivity contribution >= 4 is 33.9 Å². The molecule has 0 amide bonds. The van der Waals surface area contributed by atoms with Crippen molar-refractivity contribution in [3.05, 3.63) is 76.2 Å². The van der Waals surface area contributed by atoms with Crippen LogP contribution in [0.4, 0.5) is 5.69 Å². The van der Waals surface area contributed by atoms with Gasteiger partial charge in [0.15, 0.2) is 0 Å². The number of aryl methyl sites for hydroxylation is 2. The second kappa shape index (κ2) is 12.0. The molecule has 0 saturated heterocycles. The number of rotatable bonds is 12. The van der Waals surface area contributed by atoms with Gasteiger partial charge in [0.2, 0.25) is 0 Å². The molecule has 35 heavy (non-hydrogen) atoms. The number of likely N-dealkylation sites (N-methyl/N-ethyl adjacent to an activating group) is 1. The zero-order valence-electron chi connectivity index (χ0n) is 20.9. The van der Waals surface area contributed by atoms with Crippen LogP contribution < -0.4 is 10.5 Å². The summed E-state index contributed by atoms with van der Waals surface area (Å²) in [5, 5.41) is 2.01. The van der Waals surface area contributed by atoms with E-state index >= 15 is 0 Å². The summed E-state index contributed by atoms with van der Waals surface area (Å²) >= 11 is 1.59. The first kappa shape index (κ1) is 24.9. The predicted octanol–water partition coefficient (Wildman–Crippen LogP) is 5.66. The molecule has 7 heteroatoms. The smallest absolute Gasteiger partial charge is 0.141 e. The van der Waals surface area contributed by atoms with Gasteiger partial charge in [0.05, 0.1) is 28.2 Å². The van der Waals surface area contributed by atoms with E-state index in [9.17, 15) is 0 Å². The van der Waals surface area contributed by atoms with Gasteiger partial charge in [-0.2, -0.15) is 0 Å². The predicted molar refractivity (Wildman–Crippen MR) is 147 cm³/mol. The molecule has 0 saturated carbocycles. The van der Waals surface area contributed by atoms with Gasteiger partial charge >= 0.3 is 0 Å². The van der Waals surface area contributed by atoms with E-state index in [4.69, 9.17) is 15.5 Å². The van der Waals surface area contributed by atoms with Crippen LogP contribution in [0.5, 0.6) is 5.75 Å². The third-order valence-corrected chi connectivity index (χ3v) is 7.13. The van der Waals surface area contributed by atoms with Crippen molar-refractivity contribution in [2.45, 2.75) is 40.2 Å². The Hall–Kier alpha value is -3.16. The molecule has 2 N–H and O–H groups in total. The standard InChI is InChI=1S/C28H35N5OS/c1-4-32(5-2)17-18-33-25-15-12-22(30-28(29)26-8-7-19-35-26)20-24(25)31-27(33)16-11-21-9-13-23(14-10-21)34-6-3/h7-10,12-15,19-20H,4-6,11,16-18H2,1-3H3,(H2,29,30). The quantitative estimate of drug-likeness (QED) is 0.206. The maximum absolute atomic E-state index is 6.22. The summed E-state index contributed by atoms with van der Waals surface area (Å²) in [4.78, 5) is 13.1. The van der Waals surface area contributed by atoms with Crippen LogP contribution in [0.1, 0.15) is 37.0 Å². The van der Waals surface area contributed by atoms with E-state index in [1.807, 2.05) is 48.7 Å².